The molecule has 1 saturated carbocycles. The first-order chi connectivity index (χ1) is 17.6. The molecule has 5 nitrogen and oxygen atoms in total. The maximum absolute atomic E-state index is 14.7. The van der Waals surface area contributed by atoms with Crippen molar-refractivity contribution in [2.45, 2.75) is 72.8 Å². The van der Waals surface area contributed by atoms with Gasteiger partial charge in [-0.05, 0) is 80.2 Å². The molecule has 6 heteroatoms. The Morgan fingerprint density at radius 3 is 2.65 bits per heavy atom. The summed E-state index contributed by atoms with van der Waals surface area (Å²) in [6.07, 6.45) is 4.98. The van der Waals surface area contributed by atoms with Gasteiger partial charge >= 0.3 is 5.97 Å². The van der Waals surface area contributed by atoms with Crippen LogP contribution in [0.3, 0.4) is 0 Å². The molecule has 0 radical (unpaired) electrons. The lowest BCUT2D eigenvalue weighted by molar-refractivity contribution is -0.143. The fourth-order valence-corrected chi connectivity index (χ4v) is 4.66. The highest BCUT2D eigenvalue weighted by molar-refractivity contribution is 5.70. The van der Waals surface area contributed by atoms with Gasteiger partial charge in [-0.2, -0.15) is 0 Å². The molecule has 2 aromatic carbocycles. The number of hydrogen-bond acceptors (Lipinski definition) is 5. The van der Waals surface area contributed by atoms with Gasteiger partial charge in [0.2, 0.25) is 0 Å². The van der Waals surface area contributed by atoms with E-state index in [-0.39, 0.29) is 29.7 Å². The normalized spacial score (nSPS) is 14.3. The number of aromatic nitrogens is 2. The molecule has 0 N–H and O–H groups in total. The maximum Gasteiger partial charge on any atom is 0.306 e. The van der Waals surface area contributed by atoms with Crippen LogP contribution in [0, 0.1) is 24.1 Å². The highest BCUT2D eigenvalue weighted by atomic mass is 19.1. The molecule has 4 rings (SSSR count). The Morgan fingerprint density at radius 2 is 1.95 bits per heavy atom. The Balaban J connectivity index is 1.54. The van der Waals surface area contributed by atoms with Gasteiger partial charge in [-0.15, -0.1) is 0 Å². The van der Waals surface area contributed by atoms with Crippen LogP contribution in [0.25, 0.3) is 11.3 Å². The van der Waals surface area contributed by atoms with Crippen LogP contribution in [0.1, 0.15) is 75.4 Å². The van der Waals surface area contributed by atoms with Gasteiger partial charge in [0.1, 0.15) is 18.2 Å². The molecular weight excluding hydrogens is 467 g/mol. The third-order valence-electron chi connectivity index (χ3n) is 6.53. The van der Waals surface area contributed by atoms with Crippen molar-refractivity contribution < 1.29 is 18.7 Å². The largest absolute Gasteiger partial charge is 0.487 e. The van der Waals surface area contributed by atoms with Crippen molar-refractivity contribution in [3.63, 3.8) is 0 Å². The molecule has 0 spiro atoms. The van der Waals surface area contributed by atoms with E-state index in [1.165, 1.54) is 6.07 Å². The number of esters is 1. The number of rotatable bonds is 10. The second kappa shape index (κ2) is 11.4. The number of ether oxygens (including phenoxy) is 2. The van der Waals surface area contributed by atoms with Gasteiger partial charge in [-0.25, -0.2) is 4.39 Å². The van der Waals surface area contributed by atoms with E-state index in [1.54, 1.807) is 12.3 Å². The second-order valence-corrected chi connectivity index (χ2v) is 11.2. The molecule has 0 amide bonds. The topological polar surface area (TPSA) is 61.3 Å². The van der Waals surface area contributed by atoms with Gasteiger partial charge < -0.3 is 9.47 Å². The van der Waals surface area contributed by atoms with Crippen molar-refractivity contribution in [1.29, 1.82) is 0 Å². The fourth-order valence-electron chi connectivity index (χ4n) is 4.66. The van der Waals surface area contributed by atoms with Crippen LogP contribution >= 0.6 is 0 Å². The van der Waals surface area contributed by atoms with Gasteiger partial charge in [0.15, 0.2) is 0 Å². The quantitative estimate of drug-likeness (QED) is 0.273. The molecule has 1 aromatic heterocycles. The number of aryl methyl sites for hydroxylation is 1. The van der Waals surface area contributed by atoms with Crippen molar-refractivity contribution in [1.82, 2.24) is 9.97 Å². The minimum Gasteiger partial charge on any atom is -0.487 e. The zero-order chi connectivity index (χ0) is 26.6. The van der Waals surface area contributed by atoms with Gasteiger partial charge in [0.05, 0.1) is 36.3 Å². The lowest BCUT2D eigenvalue weighted by atomic mass is 9.88. The first-order valence-electron chi connectivity index (χ1n) is 13.1. The predicted octanol–water partition coefficient (Wildman–Crippen LogP) is 7.21. The molecule has 1 aliphatic rings. The minimum absolute atomic E-state index is 0.0473. The number of benzene rings is 2. The number of halogens is 1. The monoisotopic (exact) mass is 504 g/mol. The van der Waals surface area contributed by atoms with Crippen LogP contribution in [0.5, 0.6) is 5.75 Å². The van der Waals surface area contributed by atoms with E-state index >= 15 is 0 Å². The zero-order valence-electron chi connectivity index (χ0n) is 22.5. The summed E-state index contributed by atoms with van der Waals surface area (Å²) in [6, 6.07) is 13.0. The van der Waals surface area contributed by atoms with E-state index < -0.39 is 0 Å². The van der Waals surface area contributed by atoms with Crippen LogP contribution in [-0.2, 0) is 22.6 Å². The lowest BCUT2D eigenvalue weighted by Crippen LogP contribution is -2.14. The Morgan fingerprint density at radius 1 is 1.16 bits per heavy atom. The molecule has 1 atom stereocenters. The number of hydrogen-bond donors (Lipinski definition) is 0. The van der Waals surface area contributed by atoms with Crippen LogP contribution in [0.2, 0.25) is 0 Å². The summed E-state index contributed by atoms with van der Waals surface area (Å²) < 4.78 is 26.0. The third-order valence-corrected chi connectivity index (χ3v) is 6.53. The van der Waals surface area contributed by atoms with E-state index in [9.17, 15) is 9.18 Å². The Kier molecular flexibility index (Phi) is 8.25. The van der Waals surface area contributed by atoms with Crippen LogP contribution in [0.15, 0.2) is 48.7 Å². The second-order valence-electron chi connectivity index (χ2n) is 11.2. The highest BCUT2D eigenvalue weighted by Gasteiger charge is 2.34. The molecule has 1 aliphatic carbocycles. The number of carbonyl (C=O) groups is 1. The third kappa shape index (κ3) is 7.37. The Hall–Kier alpha value is -3.28. The van der Waals surface area contributed by atoms with Gasteiger partial charge in [-0.1, -0.05) is 44.5 Å². The average Bonchev–Trinajstić information content (AvgIpc) is 3.68. The van der Waals surface area contributed by atoms with Crippen LogP contribution < -0.4 is 4.74 Å². The van der Waals surface area contributed by atoms with Gasteiger partial charge in [0, 0.05) is 5.56 Å². The Bertz CT molecular complexity index is 1250. The standard InChI is InChI=1S/C31H37FN2O3/c1-6-36-29(35)16-25(21-11-12-21)22-8-7-9-24(15-22)37-19-23-18-33-30(28(34-23)17-31(3,4)5)26-14-20(2)10-13-27(26)32/h7-10,13-15,18,21,25H,6,11-12,16-17,19H2,1-5H3/t25-/m0/s1. The minimum atomic E-state index is -0.302. The van der Waals surface area contributed by atoms with Crippen molar-refractivity contribution in [3.8, 4) is 17.0 Å². The van der Waals surface area contributed by atoms with E-state index in [0.29, 0.717) is 42.3 Å². The first kappa shape index (κ1) is 26.8. The highest BCUT2D eigenvalue weighted by Crippen LogP contribution is 2.45. The smallest absolute Gasteiger partial charge is 0.306 e. The van der Waals surface area contributed by atoms with Crippen molar-refractivity contribution >= 4 is 5.97 Å². The average molecular weight is 505 g/mol. The molecule has 37 heavy (non-hydrogen) atoms. The molecule has 0 aliphatic heterocycles. The number of nitrogens with zero attached hydrogens (tertiary/aromatic N) is 2. The van der Waals surface area contributed by atoms with Crippen molar-refractivity contribution in [2.75, 3.05) is 6.61 Å². The SMILES string of the molecule is CCOC(=O)C[C@H](c1cccc(OCc2cnc(-c3cc(C)ccc3F)c(CC(C)(C)C)n2)c1)C1CC1. The lowest BCUT2D eigenvalue weighted by Gasteiger charge is -2.20. The van der Waals surface area contributed by atoms with Crippen LogP contribution in [0.4, 0.5) is 4.39 Å². The predicted molar refractivity (Wildman–Crippen MR) is 143 cm³/mol. The van der Waals surface area contributed by atoms with Crippen LogP contribution in [-0.4, -0.2) is 22.5 Å². The van der Waals surface area contributed by atoms with Gasteiger partial charge in [0.25, 0.3) is 0 Å². The Labute approximate surface area is 219 Å². The maximum atomic E-state index is 14.7. The molecule has 1 fully saturated rings. The molecule has 0 unspecified atom stereocenters. The van der Waals surface area contributed by atoms with E-state index in [4.69, 9.17) is 14.5 Å². The van der Waals surface area contributed by atoms with Crippen molar-refractivity contribution in [3.05, 3.63) is 77.0 Å². The van der Waals surface area contributed by atoms with Crippen molar-refractivity contribution in [2.24, 2.45) is 11.3 Å². The van der Waals surface area contributed by atoms with E-state index in [2.05, 4.69) is 31.8 Å². The molecule has 0 saturated heterocycles. The first-order valence-corrected chi connectivity index (χ1v) is 13.1. The molecular formula is C31H37FN2O3. The summed E-state index contributed by atoms with van der Waals surface area (Å²) in [4.78, 5) is 21.7. The summed E-state index contributed by atoms with van der Waals surface area (Å²) in [5.41, 5.74) is 4.51. The zero-order valence-corrected chi connectivity index (χ0v) is 22.5. The molecule has 3 aromatic rings. The van der Waals surface area contributed by atoms with E-state index in [1.807, 2.05) is 38.1 Å². The summed E-state index contributed by atoms with van der Waals surface area (Å²) in [6.45, 7) is 10.8. The van der Waals surface area contributed by atoms with Gasteiger partial charge in [-0.3, -0.25) is 14.8 Å². The molecule has 196 valence electrons. The number of carbonyl (C=O) groups excluding carboxylic acids is 1. The van der Waals surface area contributed by atoms with E-state index in [0.717, 1.165) is 35.4 Å². The molecule has 0 bridgehead atoms. The summed E-state index contributed by atoms with van der Waals surface area (Å²) in [7, 11) is 0. The molecule has 1 heterocycles. The summed E-state index contributed by atoms with van der Waals surface area (Å²) >= 11 is 0. The summed E-state index contributed by atoms with van der Waals surface area (Å²) in [5.74, 6) is 0.922. The fraction of sp³-hybridized carbons (Fsp3) is 0.452. The summed E-state index contributed by atoms with van der Waals surface area (Å²) in [5, 5.41) is 0.